The summed E-state index contributed by atoms with van der Waals surface area (Å²) in [6.45, 7) is 0.761. The Morgan fingerprint density at radius 3 is 2.25 bits per heavy atom. The van der Waals surface area contributed by atoms with Crippen molar-refractivity contribution < 1.29 is 9.47 Å². The van der Waals surface area contributed by atoms with Crippen molar-refractivity contribution >= 4 is 15.9 Å². The molecule has 106 valence electrons. The molecule has 4 heteroatoms. The summed E-state index contributed by atoms with van der Waals surface area (Å²) < 4.78 is 11.9. The lowest BCUT2D eigenvalue weighted by molar-refractivity contribution is 0.354. The van der Waals surface area contributed by atoms with Crippen molar-refractivity contribution in [2.75, 3.05) is 21.3 Å². The zero-order valence-electron chi connectivity index (χ0n) is 11.9. The first-order chi connectivity index (χ1) is 9.71. The molecule has 0 bridgehead atoms. The van der Waals surface area contributed by atoms with E-state index in [1.165, 1.54) is 0 Å². The Labute approximate surface area is 128 Å². The van der Waals surface area contributed by atoms with E-state index in [2.05, 4.69) is 27.3 Å². The van der Waals surface area contributed by atoms with Crippen LogP contribution >= 0.6 is 15.9 Å². The van der Waals surface area contributed by atoms with Crippen molar-refractivity contribution in [3.63, 3.8) is 0 Å². The van der Waals surface area contributed by atoms with E-state index in [1.54, 1.807) is 14.2 Å². The number of methoxy groups -OCH3 is 2. The summed E-state index contributed by atoms with van der Waals surface area (Å²) in [5.74, 6) is 1.48. The summed E-state index contributed by atoms with van der Waals surface area (Å²) in [5.41, 5.74) is 3.43. The van der Waals surface area contributed by atoms with Crippen molar-refractivity contribution in [3.8, 4) is 22.6 Å². The molecule has 0 heterocycles. The van der Waals surface area contributed by atoms with Crippen LogP contribution in [0.15, 0.2) is 40.9 Å². The Kier molecular flexibility index (Phi) is 5.04. The smallest absolute Gasteiger partial charge is 0.161 e. The summed E-state index contributed by atoms with van der Waals surface area (Å²) in [6.07, 6.45) is 0. The van der Waals surface area contributed by atoms with Gasteiger partial charge in [0.1, 0.15) is 0 Å². The highest BCUT2D eigenvalue weighted by Crippen LogP contribution is 2.38. The molecule has 1 N–H and O–H groups in total. The molecular weight excluding hydrogens is 318 g/mol. The van der Waals surface area contributed by atoms with E-state index >= 15 is 0 Å². The van der Waals surface area contributed by atoms with Crippen LogP contribution in [0.5, 0.6) is 11.5 Å². The maximum atomic E-state index is 5.41. The molecule has 0 aliphatic heterocycles. The Morgan fingerprint density at radius 2 is 1.65 bits per heavy atom. The summed E-state index contributed by atoms with van der Waals surface area (Å²) in [5, 5.41) is 3.19. The summed E-state index contributed by atoms with van der Waals surface area (Å²) in [6, 6.07) is 12.2. The first-order valence-electron chi connectivity index (χ1n) is 6.35. The lowest BCUT2D eigenvalue weighted by Gasteiger charge is -2.16. The maximum Gasteiger partial charge on any atom is 0.161 e. The fourth-order valence-corrected chi connectivity index (χ4v) is 2.69. The van der Waals surface area contributed by atoms with Gasteiger partial charge < -0.3 is 14.8 Å². The number of ether oxygens (including phenoxy) is 2. The fraction of sp³-hybridized carbons (Fsp3) is 0.250. The molecule has 0 amide bonds. The molecule has 3 nitrogen and oxygen atoms in total. The predicted molar refractivity (Wildman–Crippen MR) is 85.4 cm³/mol. The molecule has 0 aliphatic rings. The molecule has 0 aliphatic carbocycles. The van der Waals surface area contributed by atoms with Gasteiger partial charge in [-0.15, -0.1) is 0 Å². The highest BCUT2D eigenvalue weighted by atomic mass is 79.9. The van der Waals surface area contributed by atoms with Gasteiger partial charge in [-0.05, 0) is 41.9 Å². The zero-order valence-corrected chi connectivity index (χ0v) is 13.5. The van der Waals surface area contributed by atoms with E-state index in [-0.39, 0.29) is 0 Å². The second-order valence-electron chi connectivity index (χ2n) is 4.37. The molecule has 0 atom stereocenters. The van der Waals surface area contributed by atoms with Gasteiger partial charge in [0.15, 0.2) is 11.5 Å². The molecule has 0 saturated carbocycles. The van der Waals surface area contributed by atoms with Crippen LogP contribution in [0.2, 0.25) is 0 Å². The Morgan fingerprint density at radius 1 is 1.00 bits per heavy atom. The van der Waals surface area contributed by atoms with Gasteiger partial charge in [0.2, 0.25) is 0 Å². The van der Waals surface area contributed by atoms with E-state index in [0.29, 0.717) is 0 Å². The summed E-state index contributed by atoms with van der Waals surface area (Å²) in [7, 11) is 5.24. The number of benzene rings is 2. The van der Waals surface area contributed by atoms with Crippen LogP contribution < -0.4 is 14.8 Å². The molecule has 2 aromatic carbocycles. The molecule has 2 rings (SSSR count). The van der Waals surface area contributed by atoms with Gasteiger partial charge in [0.25, 0.3) is 0 Å². The third-order valence-electron chi connectivity index (χ3n) is 3.14. The van der Waals surface area contributed by atoms with E-state index in [1.807, 2.05) is 37.4 Å². The quantitative estimate of drug-likeness (QED) is 0.900. The normalized spacial score (nSPS) is 10.4. The van der Waals surface area contributed by atoms with Crippen LogP contribution in [0.4, 0.5) is 0 Å². The minimum Gasteiger partial charge on any atom is -0.493 e. The van der Waals surface area contributed by atoms with Crippen LogP contribution in [0.1, 0.15) is 5.56 Å². The van der Waals surface area contributed by atoms with Gasteiger partial charge in [0.05, 0.1) is 14.2 Å². The molecule has 2 aromatic rings. The third kappa shape index (κ3) is 2.97. The highest BCUT2D eigenvalue weighted by molar-refractivity contribution is 9.10. The average Bonchev–Trinajstić information content (AvgIpc) is 2.48. The van der Waals surface area contributed by atoms with Crippen LogP contribution in [0.3, 0.4) is 0 Å². The van der Waals surface area contributed by atoms with Gasteiger partial charge in [0, 0.05) is 11.0 Å². The zero-order chi connectivity index (χ0) is 14.5. The first-order valence-corrected chi connectivity index (χ1v) is 7.15. The maximum absolute atomic E-state index is 5.41. The van der Waals surface area contributed by atoms with Crippen LogP contribution in [0, 0.1) is 0 Å². The first kappa shape index (κ1) is 14.9. The minimum absolute atomic E-state index is 0.734. The second kappa shape index (κ2) is 6.77. The van der Waals surface area contributed by atoms with Gasteiger partial charge in [-0.1, -0.05) is 34.1 Å². The van der Waals surface area contributed by atoms with Crippen molar-refractivity contribution in [2.24, 2.45) is 0 Å². The van der Waals surface area contributed by atoms with E-state index in [9.17, 15) is 0 Å². The van der Waals surface area contributed by atoms with Crippen molar-refractivity contribution in [2.45, 2.75) is 6.54 Å². The second-order valence-corrected chi connectivity index (χ2v) is 5.23. The van der Waals surface area contributed by atoms with Crippen LogP contribution in [0.25, 0.3) is 11.1 Å². The fourth-order valence-electron chi connectivity index (χ4n) is 2.19. The molecule has 20 heavy (non-hydrogen) atoms. The Hall–Kier alpha value is -1.52. The van der Waals surface area contributed by atoms with Crippen molar-refractivity contribution in [1.29, 1.82) is 0 Å². The molecule has 0 radical (unpaired) electrons. The number of halogens is 1. The molecule has 0 saturated heterocycles. The Bertz CT molecular complexity index is 599. The van der Waals surface area contributed by atoms with Crippen LogP contribution in [-0.4, -0.2) is 21.3 Å². The molecule has 0 aromatic heterocycles. The van der Waals surface area contributed by atoms with E-state index in [0.717, 1.165) is 39.2 Å². The van der Waals surface area contributed by atoms with Crippen molar-refractivity contribution in [1.82, 2.24) is 5.32 Å². The molecule has 0 fully saturated rings. The summed E-state index contributed by atoms with van der Waals surface area (Å²) in [4.78, 5) is 0. The van der Waals surface area contributed by atoms with E-state index < -0.39 is 0 Å². The SMILES string of the molecule is CNCc1cc(OC)c(OC)cc1-c1ccccc1Br. The van der Waals surface area contributed by atoms with Gasteiger partial charge >= 0.3 is 0 Å². The number of nitrogens with one attached hydrogen (secondary N) is 1. The minimum atomic E-state index is 0.734. The molecule has 0 spiro atoms. The lowest BCUT2D eigenvalue weighted by atomic mass is 9.98. The molecule has 0 unspecified atom stereocenters. The predicted octanol–water partition coefficient (Wildman–Crippen LogP) is 3.85. The highest BCUT2D eigenvalue weighted by Gasteiger charge is 2.13. The Balaban J connectivity index is 2.64. The average molecular weight is 336 g/mol. The topological polar surface area (TPSA) is 30.5 Å². The van der Waals surface area contributed by atoms with Gasteiger partial charge in [-0.2, -0.15) is 0 Å². The van der Waals surface area contributed by atoms with Crippen LogP contribution in [-0.2, 0) is 6.54 Å². The van der Waals surface area contributed by atoms with E-state index in [4.69, 9.17) is 9.47 Å². The standard InChI is InChI=1S/C16H18BrNO2/c1-18-10-11-8-15(19-2)16(20-3)9-13(11)12-6-4-5-7-14(12)17/h4-9,18H,10H2,1-3H3. The van der Waals surface area contributed by atoms with Crippen molar-refractivity contribution in [3.05, 3.63) is 46.4 Å². The number of hydrogen-bond donors (Lipinski definition) is 1. The molecular formula is C16H18BrNO2. The van der Waals surface area contributed by atoms with Gasteiger partial charge in [-0.3, -0.25) is 0 Å². The van der Waals surface area contributed by atoms with Gasteiger partial charge in [-0.25, -0.2) is 0 Å². The third-order valence-corrected chi connectivity index (χ3v) is 3.83. The lowest BCUT2D eigenvalue weighted by Crippen LogP contribution is -2.07. The largest absolute Gasteiger partial charge is 0.493 e. The number of hydrogen-bond acceptors (Lipinski definition) is 3. The summed E-state index contributed by atoms with van der Waals surface area (Å²) >= 11 is 3.61. The number of rotatable bonds is 5. The monoisotopic (exact) mass is 335 g/mol.